The Morgan fingerprint density at radius 3 is 3.18 bits per heavy atom. The summed E-state index contributed by atoms with van der Waals surface area (Å²) >= 11 is 1.66. The molecule has 0 aliphatic carbocycles. The van der Waals surface area contributed by atoms with Crippen LogP contribution in [0.2, 0.25) is 0 Å². The van der Waals surface area contributed by atoms with E-state index in [0.717, 1.165) is 11.3 Å². The fraction of sp³-hybridized carbons (Fsp3) is 0.111. The maximum absolute atomic E-state index is 3.99. The van der Waals surface area contributed by atoms with E-state index in [0.29, 0.717) is 0 Å². The minimum atomic E-state index is 0.841. The zero-order chi connectivity index (χ0) is 7.94. The molecule has 0 fully saturated rings. The van der Waals surface area contributed by atoms with Gasteiger partial charge < -0.3 is 0 Å². The lowest BCUT2D eigenvalue weighted by molar-refractivity contribution is 1.24. The van der Waals surface area contributed by atoms with Crippen LogP contribution in [0.3, 0.4) is 0 Å². The lowest BCUT2D eigenvalue weighted by Crippen LogP contribution is -1.69. The first-order valence-corrected chi connectivity index (χ1v) is 4.32. The van der Waals surface area contributed by atoms with E-state index in [1.165, 1.54) is 0 Å². The number of allylic oxidation sites excluding steroid dienone is 1. The fourth-order valence-corrected chi connectivity index (χ4v) is 1.28. The second-order valence-corrected chi connectivity index (χ2v) is 2.95. The smallest absolute Gasteiger partial charge is 0.0407 e. The Balaban J connectivity index is 2.45. The molecule has 1 nitrogen and oxygen atoms in total. The molecule has 0 aliphatic rings. The third-order valence-corrected chi connectivity index (χ3v) is 1.94. The van der Waals surface area contributed by atoms with Crippen molar-refractivity contribution in [3.05, 3.63) is 42.9 Å². The molecule has 0 N–H and O–H groups in total. The van der Waals surface area contributed by atoms with Crippen molar-refractivity contribution in [3.63, 3.8) is 0 Å². The second-order valence-electron chi connectivity index (χ2n) is 1.97. The van der Waals surface area contributed by atoms with Crippen molar-refractivity contribution in [2.45, 2.75) is 11.3 Å². The van der Waals surface area contributed by atoms with Gasteiger partial charge in [-0.3, -0.25) is 4.98 Å². The van der Waals surface area contributed by atoms with Gasteiger partial charge in [-0.05, 0) is 30.9 Å². The number of pyridine rings is 1. The van der Waals surface area contributed by atoms with Gasteiger partial charge in [0.2, 0.25) is 0 Å². The van der Waals surface area contributed by atoms with E-state index >= 15 is 0 Å². The molecule has 1 aromatic heterocycles. The molecular weight excluding hydrogens is 154 g/mol. The molecule has 2 heteroatoms. The van der Waals surface area contributed by atoms with Crippen LogP contribution in [0.1, 0.15) is 6.42 Å². The van der Waals surface area contributed by atoms with Gasteiger partial charge in [0, 0.05) is 17.3 Å². The van der Waals surface area contributed by atoms with Crippen LogP contribution in [0.15, 0.2) is 40.9 Å². The first-order chi connectivity index (χ1) is 5.43. The predicted molar refractivity (Wildman–Crippen MR) is 49.2 cm³/mol. The highest BCUT2D eigenvalue weighted by Gasteiger charge is 1.85. The third-order valence-electron chi connectivity index (χ3n) is 1.10. The molecule has 0 bridgehead atoms. The summed E-state index contributed by atoms with van der Waals surface area (Å²) < 4.78 is 0. The van der Waals surface area contributed by atoms with Crippen LogP contribution in [0.4, 0.5) is 0 Å². The number of thioether (sulfide) groups is 1. The van der Waals surface area contributed by atoms with E-state index in [-0.39, 0.29) is 0 Å². The van der Waals surface area contributed by atoms with Crippen LogP contribution in [0, 0.1) is 6.92 Å². The Labute approximate surface area is 71.5 Å². The lowest BCUT2D eigenvalue weighted by Gasteiger charge is -1.91. The average Bonchev–Trinajstić information content (AvgIpc) is 2.07. The molecule has 11 heavy (non-hydrogen) atoms. The van der Waals surface area contributed by atoms with Crippen molar-refractivity contribution in [1.82, 2.24) is 4.98 Å². The summed E-state index contributed by atoms with van der Waals surface area (Å²) in [6.07, 6.45) is 6.48. The van der Waals surface area contributed by atoms with Crippen molar-refractivity contribution >= 4 is 11.8 Å². The highest BCUT2D eigenvalue weighted by atomic mass is 32.2. The van der Waals surface area contributed by atoms with Crippen molar-refractivity contribution in [2.75, 3.05) is 0 Å². The van der Waals surface area contributed by atoms with Crippen LogP contribution >= 0.6 is 11.8 Å². The van der Waals surface area contributed by atoms with Gasteiger partial charge in [0.1, 0.15) is 0 Å². The van der Waals surface area contributed by atoms with E-state index in [2.05, 4.69) is 11.9 Å². The first-order valence-electron chi connectivity index (χ1n) is 3.44. The molecule has 0 unspecified atom stereocenters. The van der Waals surface area contributed by atoms with Crippen molar-refractivity contribution < 1.29 is 0 Å². The molecule has 1 heterocycles. The summed E-state index contributed by atoms with van der Waals surface area (Å²) in [6, 6.07) is 3.96. The SMILES string of the molecule is [CH2]C/C=C/Sc1cccnc1. The fourth-order valence-electron chi connectivity index (χ4n) is 0.612. The highest BCUT2D eigenvalue weighted by molar-refractivity contribution is 8.02. The second kappa shape index (κ2) is 4.97. The largest absolute Gasteiger partial charge is 0.264 e. The molecule has 0 atom stereocenters. The van der Waals surface area contributed by atoms with Crippen LogP contribution in [-0.2, 0) is 0 Å². The lowest BCUT2D eigenvalue weighted by atomic mass is 10.5. The van der Waals surface area contributed by atoms with Gasteiger partial charge in [-0.1, -0.05) is 17.8 Å². The number of nitrogens with zero attached hydrogens (tertiary/aromatic N) is 1. The van der Waals surface area contributed by atoms with Crippen molar-refractivity contribution in [2.24, 2.45) is 0 Å². The topological polar surface area (TPSA) is 12.9 Å². The third kappa shape index (κ3) is 3.23. The monoisotopic (exact) mass is 164 g/mol. The van der Waals surface area contributed by atoms with Gasteiger partial charge in [-0.15, -0.1) is 0 Å². The Kier molecular flexibility index (Phi) is 3.76. The van der Waals surface area contributed by atoms with E-state index < -0.39 is 0 Å². The molecule has 0 amide bonds. The normalized spacial score (nSPS) is 10.6. The summed E-state index contributed by atoms with van der Waals surface area (Å²) in [5, 5.41) is 2.03. The maximum Gasteiger partial charge on any atom is 0.0407 e. The van der Waals surface area contributed by atoms with E-state index in [1.807, 2.05) is 29.8 Å². The summed E-state index contributed by atoms with van der Waals surface area (Å²) in [7, 11) is 0. The van der Waals surface area contributed by atoms with Crippen LogP contribution < -0.4 is 0 Å². The number of hydrogen-bond acceptors (Lipinski definition) is 2. The molecular formula is C9H10NS. The molecule has 1 aromatic rings. The van der Waals surface area contributed by atoms with Gasteiger partial charge in [0.05, 0.1) is 0 Å². The Morgan fingerprint density at radius 1 is 1.64 bits per heavy atom. The quantitative estimate of drug-likeness (QED) is 0.637. The minimum Gasteiger partial charge on any atom is -0.264 e. The molecule has 0 saturated carbocycles. The molecule has 57 valence electrons. The molecule has 0 aliphatic heterocycles. The molecule has 1 radical (unpaired) electrons. The summed E-state index contributed by atoms with van der Waals surface area (Å²) in [5.74, 6) is 0. The average molecular weight is 164 g/mol. The Bertz CT molecular complexity index is 218. The first kappa shape index (κ1) is 8.34. The molecule has 1 rings (SSSR count). The number of hydrogen-bond donors (Lipinski definition) is 0. The standard InChI is InChI=1S/C9H10NS/c1-2-3-7-11-9-5-4-6-10-8-9/h3-8H,1-2H2/b7-3+. The van der Waals surface area contributed by atoms with E-state index in [1.54, 1.807) is 18.0 Å². The molecule has 0 aromatic carbocycles. The Hall–Kier alpha value is -0.760. The zero-order valence-electron chi connectivity index (χ0n) is 6.23. The predicted octanol–water partition coefficient (Wildman–Crippen LogP) is 2.91. The summed E-state index contributed by atoms with van der Waals surface area (Å²) in [4.78, 5) is 5.16. The van der Waals surface area contributed by atoms with Gasteiger partial charge in [-0.25, -0.2) is 0 Å². The van der Waals surface area contributed by atoms with Crippen LogP contribution in [0.5, 0.6) is 0 Å². The number of aromatic nitrogens is 1. The zero-order valence-corrected chi connectivity index (χ0v) is 7.05. The number of rotatable bonds is 3. The molecule has 0 spiro atoms. The molecule has 0 saturated heterocycles. The van der Waals surface area contributed by atoms with Gasteiger partial charge in [0.25, 0.3) is 0 Å². The van der Waals surface area contributed by atoms with Crippen LogP contribution in [-0.4, -0.2) is 4.98 Å². The summed E-state index contributed by atoms with van der Waals surface area (Å²) in [5.41, 5.74) is 0. The van der Waals surface area contributed by atoms with Crippen molar-refractivity contribution in [3.8, 4) is 0 Å². The highest BCUT2D eigenvalue weighted by Crippen LogP contribution is 2.16. The van der Waals surface area contributed by atoms with E-state index in [9.17, 15) is 0 Å². The maximum atomic E-state index is 3.99. The van der Waals surface area contributed by atoms with Gasteiger partial charge in [-0.2, -0.15) is 0 Å². The van der Waals surface area contributed by atoms with Crippen molar-refractivity contribution in [1.29, 1.82) is 0 Å². The van der Waals surface area contributed by atoms with Gasteiger partial charge in [0.15, 0.2) is 0 Å². The van der Waals surface area contributed by atoms with Crippen LogP contribution in [0.25, 0.3) is 0 Å². The van der Waals surface area contributed by atoms with E-state index in [4.69, 9.17) is 0 Å². The minimum absolute atomic E-state index is 0.841. The summed E-state index contributed by atoms with van der Waals surface area (Å²) in [6.45, 7) is 3.70. The van der Waals surface area contributed by atoms with Gasteiger partial charge >= 0.3 is 0 Å². The Morgan fingerprint density at radius 2 is 2.55 bits per heavy atom.